The molecule has 5 heteroatoms. The number of benzene rings is 2. The third-order valence-electron chi connectivity index (χ3n) is 5.29. The largest absolute Gasteiger partial charge is 0.395 e. The van der Waals surface area contributed by atoms with Crippen molar-refractivity contribution in [3.63, 3.8) is 0 Å². The van der Waals surface area contributed by atoms with Gasteiger partial charge >= 0.3 is 0 Å². The van der Waals surface area contributed by atoms with Crippen LogP contribution in [0.4, 0.5) is 0 Å². The van der Waals surface area contributed by atoms with Gasteiger partial charge in [0, 0.05) is 17.6 Å². The van der Waals surface area contributed by atoms with E-state index in [-0.39, 0.29) is 12.6 Å². The average molecular weight is 370 g/mol. The molecule has 1 aliphatic heterocycles. The Labute approximate surface area is 159 Å². The van der Waals surface area contributed by atoms with E-state index < -0.39 is 0 Å². The number of aryl methyl sites for hydroxylation is 1. The molecule has 1 saturated heterocycles. The molecule has 0 saturated carbocycles. The second-order valence-electron chi connectivity index (χ2n) is 7.18. The number of nitrogens with zero attached hydrogens (tertiary/aromatic N) is 3. The number of fused-ring (bicyclic) bond motifs is 1. The van der Waals surface area contributed by atoms with Gasteiger partial charge in [0.15, 0.2) is 0 Å². The molecule has 0 amide bonds. The Bertz CT molecular complexity index is 904. The second kappa shape index (κ2) is 7.39. The number of likely N-dealkylation sites (tertiary alicyclic amines) is 1. The molecule has 136 valence electrons. The lowest BCUT2D eigenvalue weighted by Crippen LogP contribution is -2.32. The Kier molecular flexibility index (Phi) is 4.98. The molecule has 0 aliphatic carbocycles. The van der Waals surface area contributed by atoms with Crippen molar-refractivity contribution in [2.24, 2.45) is 0 Å². The van der Waals surface area contributed by atoms with Gasteiger partial charge in [0.05, 0.1) is 24.2 Å². The Morgan fingerprint density at radius 3 is 2.73 bits per heavy atom. The van der Waals surface area contributed by atoms with Crippen molar-refractivity contribution in [2.75, 3.05) is 13.2 Å². The van der Waals surface area contributed by atoms with Gasteiger partial charge in [0.25, 0.3) is 0 Å². The highest BCUT2D eigenvalue weighted by Crippen LogP contribution is 2.24. The summed E-state index contributed by atoms with van der Waals surface area (Å²) in [6, 6.07) is 14.7. The Balaban J connectivity index is 1.71. The summed E-state index contributed by atoms with van der Waals surface area (Å²) >= 11 is 6.03. The van der Waals surface area contributed by atoms with E-state index in [2.05, 4.69) is 46.7 Å². The highest BCUT2D eigenvalue weighted by atomic mass is 35.5. The molecule has 0 bridgehead atoms. The molecule has 0 unspecified atom stereocenters. The maximum Gasteiger partial charge on any atom is 0.124 e. The van der Waals surface area contributed by atoms with Crippen LogP contribution in [0.5, 0.6) is 0 Å². The molecule has 1 N–H and O–H groups in total. The fraction of sp³-hybridized carbons (Fsp3) is 0.381. The summed E-state index contributed by atoms with van der Waals surface area (Å²) in [6.45, 7) is 4.88. The number of hydrogen-bond acceptors (Lipinski definition) is 3. The number of aliphatic hydroxyl groups is 1. The third kappa shape index (κ3) is 3.50. The van der Waals surface area contributed by atoms with Crippen LogP contribution in [0.1, 0.15) is 29.8 Å². The van der Waals surface area contributed by atoms with Crippen LogP contribution in [-0.4, -0.2) is 38.8 Å². The highest BCUT2D eigenvalue weighted by Gasteiger charge is 2.25. The van der Waals surface area contributed by atoms with Crippen molar-refractivity contribution >= 4 is 22.6 Å². The first-order valence-corrected chi connectivity index (χ1v) is 9.57. The molecule has 2 heterocycles. The molecule has 1 atom stereocenters. The van der Waals surface area contributed by atoms with E-state index in [1.54, 1.807) is 0 Å². The fourth-order valence-electron chi connectivity index (χ4n) is 3.85. The molecule has 1 aromatic heterocycles. The summed E-state index contributed by atoms with van der Waals surface area (Å²) in [5, 5.41) is 10.4. The predicted molar refractivity (Wildman–Crippen MR) is 106 cm³/mol. The molecule has 1 fully saturated rings. The molecular weight excluding hydrogens is 346 g/mol. The zero-order chi connectivity index (χ0) is 18.1. The van der Waals surface area contributed by atoms with E-state index in [1.807, 2.05) is 12.1 Å². The highest BCUT2D eigenvalue weighted by molar-refractivity contribution is 6.30. The first-order chi connectivity index (χ1) is 12.6. The van der Waals surface area contributed by atoms with Gasteiger partial charge in [-0.1, -0.05) is 29.8 Å². The smallest absolute Gasteiger partial charge is 0.124 e. The number of aromatic nitrogens is 2. The summed E-state index contributed by atoms with van der Waals surface area (Å²) in [5.41, 5.74) is 4.61. The lowest BCUT2D eigenvalue weighted by atomic mass is 10.2. The summed E-state index contributed by atoms with van der Waals surface area (Å²) in [6.07, 6.45) is 2.20. The predicted octanol–water partition coefficient (Wildman–Crippen LogP) is 4.00. The van der Waals surface area contributed by atoms with Crippen LogP contribution in [-0.2, 0) is 13.1 Å². The van der Waals surface area contributed by atoms with Gasteiger partial charge in [-0.05, 0) is 61.7 Å². The van der Waals surface area contributed by atoms with Gasteiger partial charge in [-0.15, -0.1) is 0 Å². The summed E-state index contributed by atoms with van der Waals surface area (Å²) in [5.74, 6) is 1.06. The number of halogens is 1. The van der Waals surface area contributed by atoms with Gasteiger partial charge in [0.1, 0.15) is 5.82 Å². The van der Waals surface area contributed by atoms with Gasteiger partial charge in [-0.25, -0.2) is 4.98 Å². The van der Waals surface area contributed by atoms with Crippen molar-refractivity contribution in [1.29, 1.82) is 0 Å². The lowest BCUT2D eigenvalue weighted by Gasteiger charge is -2.22. The molecule has 3 aromatic rings. The van der Waals surface area contributed by atoms with E-state index in [0.29, 0.717) is 0 Å². The number of aliphatic hydroxyl groups excluding tert-OH is 1. The fourth-order valence-corrected chi connectivity index (χ4v) is 3.98. The first kappa shape index (κ1) is 17.5. The lowest BCUT2D eigenvalue weighted by molar-refractivity contribution is 0.150. The Morgan fingerprint density at radius 1 is 1.15 bits per heavy atom. The molecule has 2 aromatic carbocycles. The van der Waals surface area contributed by atoms with Crippen LogP contribution in [0.2, 0.25) is 5.02 Å². The van der Waals surface area contributed by atoms with Crippen molar-refractivity contribution < 1.29 is 5.11 Å². The van der Waals surface area contributed by atoms with Crippen molar-refractivity contribution in [3.8, 4) is 0 Å². The van der Waals surface area contributed by atoms with E-state index in [0.717, 1.165) is 54.4 Å². The maximum atomic E-state index is 9.64. The molecule has 4 nitrogen and oxygen atoms in total. The Hall–Kier alpha value is -1.88. The summed E-state index contributed by atoms with van der Waals surface area (Å²) < 4.78 is 2.30. The topological polar surface area (TPSA) is 41.3 Å². The van der Waals surface area contributed by atoms with Crippen LogP contribution in [0.25, 0.3) is 11.0 Å². The molecule has 0 radical (unpaired) electrons. The zero-order valence-corrected chi connectivity index (χ0v) is 15.8. The molecular formula is C21H24ClN3O. The van der Waals surface area contributed by atoms with Crippen LogP contribution in [0.15, 0.2) is 42.5 Å². The molecule has 4 rings (SSSR count). The van der Waals surface area contributed by atoms with Crippen LogP contribution >= 0.6 is 11.6 Å². The standard InChI is InChI=1S/C21H24ClN3O/c1-15-4-9-20-19(11-15)23-21(13-24-10-2-3-18(24)14-26)25(20)12-16-5-7-17(22)8-6-16/h4-9,11,18,26H,2-3,10,12-14H2,1H3/t18-/m0/s1. The summed E-state index contributed by atoms with van der Waals surface area (Å²) in [7, 11) is 0. The third-order valence-corrected chi connectivity index (χ3v) is 5.54. The van der Waals surface area contributed by atoms with Gasteiger partial charge in [-0.2, -0.15) is 0 Å². The minimum absolute atomic E-state index is 0.219. The van der Waals surface area contributed by atoms with Crippen LogP contribution in [0, 0.1) is 6.92 Å². The molecule has 26 heavy (non-hydrogen) atoms. The van der Waals surface area contributed by atoms with Crippen LogP contribution in [0.3, 0.4) is 0 Å². The Morgan fingerprint density at radius 2 is 1.96 bits per heavy atom. The monoisotopic (exact) mass is 369 g/mol. The zero-order valence-electron chi connectivity index (χ0n) is 15.0. The average Bonchev–Trinajstić information content (AvgIpc) is 3.21. The van der Waals surface area contributed by atoms with E-state index in [1.165, 1.54) is 11.1 Å². The van der Waals surface area contributed by atoms with Gasteiger partial charge < -0.3 is 9.67 Å². The van der Waals surface area contributed by atoms with Crippen molar-refractivity contribution in [3.05, 3.63) is 64.4 Å². The normalized spacial score (nSPS) is 18.0. The van der Waals surface area contributed by atoms with Crippen molar-refractivity contribution in [1.82, 2.24) is 14.5 Å². The summed E-state index contributed by atoms with van der Waals surface area (Å²) in [4.78, 5) is 7.29. The van der Waals surface area contributed by atoms with Gasteiger partial charge in [-0.3, -0.25) is 4.90 Å². The van der Waals surface area contributed by atoms with Crippen LogP contribution < -0.4 is 0 Å². The van der Waals surface area contributed by atoms with Gasteiger partial charge in [0.2, 0.25) is 0 Å². The minimum Gasteiger partial charge on any atom is -0.395 e. The second-order valence-corrected chi connectivity index (χ2v) is 7.62. The van der Waals surface area contributed by atoms with E-state index >= 15 is 0 Å². The van der Waals surface area contributed by atoms with Crippen molar-refractivity contribution in [2.45, 2.75) is 38.9 Å². The number of imidazole rings is 1. The molecule has 1 aliphatic rings. The maximum absolute atomic E-state index is 9.64. The first-order valence-electron chi connectivity index (χ1n) is 9.19. The minimum atomic E-state index is 0.219. The quantitative estimate of drug-likeness (QED) is 0.739. The molecule has 0 spiro atoms. The SMILES string of the molecule is Cc1ccc2c(c1)nc(CN1CCC[C@H]1CO)n2Cc1ccc(Cl)cc1. The van der Waals surface area contributed by atoms with E-state index in [4.69, 9.17) is 16.6 Å². The number of hydrogen-bond donors (Lipinski definition) is 1. The number of rotatable bonds is 5. The van der Waals surface area contributed by atoms with E-state index in [9.17, 15) is 5.11 Å².